The van der Waals surface area contributed by atoms with Gasteiger partial charge in [-0.05, 0) is 26.3 Å². The van der Waals surface area contributed by atoms with Crippen LogP contribution in [0.2, 0.25) is 0 Å². The Kier molecular flexibility index (Phi) is 3.66. The number of carbonyl (C=O) groups excluding carboxylic acids is 1. The van der Waals surface area contributed by atoms with Crippen molar-refractivity contribution in [2.45, 2.75) is 32.2 Å². The number of likely N-dealkylation sites (N-methyl/N-ethyl adjacent to an activating group) is 1. The molecule has 0 unspecified atom stereocenters. The van der Waals surface area contributed by atoms with Crippen molar-refractivity contribution < 1.29 is 4.79 Å². The van der Waals surface area contributed by atoms with Gasteiger partial charge >= 0.3 is 0 Å². The SMILES string of the molecule is CN1CCc2nc(NC(=O)[C@H]3CC=CCC3)sc2C1. The number of hydrogen-bond acceptors (Lipinski definition) is 4. The molecule has 0 radical (unpaired) electrons. The van der Waals surface area contributed by atoms with Crippen LogP contribution in [0.3, 0.4) is 0 Å². The first kappa shape index (κ1) is 12.8. The number of allylic oxidation sites excluding steroid dienone is 2. The van der Waals surface area contributed by atoms with Crippen LogP contribution in [0.15, 0.2) is 12.2 Å². The van der Waals surface area contributed by atoms with Gasteiger partial charge in [-0.25, -0.2) is 4.98 Å². The number of amides is 1. The third-order valence-corrected chi connectivity index (χ3v) is 4.79. The van der Waals surface area contributed by atoms with Gasteiger partial charge in [-0.3, -0.25) is 4.79 Å². The number of carbonyl (C=O) groups is 1. The van der Waals surface area contributed by atoms with E-state index in [0.717, 1.165) is 43.9 Å². The topological polar surface area (TPSA) is 45.2 Å². The number of rotatable bonds is 2. The molecule has 1 N–H and O–H groups in total. The van der Waals surface area contributed by atoms with Crippen LogP contribution in [0.4, 0.5) is 5.13 Å². The smallest absolute Gasteiger partial charge is 0.229 e. The number of nitrogens with one attached hydrogen (secondary N) is 1. The number of fused-ring (bicyclic) bond motifs is 1. The quantitative estimate of drug-likeness (QED) is 0.844. The molecule has 1 amide bonds. The zero-order valence-corrected chi connectivity index (χ0v) is 12.0. The highest BCUT2D eigenvalue weighted by Crippen LogP contribution is 2.28. The first-order chi connectivity index (χ1) is 9.22. The molecule has 0 bridgehead atoms. The summed E-state index contributed by atoms with van der Waals surface area (Å²) in [6.45, 7) is 2.01. The molecule has 5 heteroatoms. The molecule has 0 spiro atoms. The molecule has 3 rings (SSSR count). The molecule has 1 atom stereocenters. The Bertz CT molecular complexity index is 509. The van der Waals surface area contributed by atoms with Gasteiger partial charge in [0.1, 0.15) is 0 Å². The van der Waals surface area contributed by atoms with Gasteiger partial charge in [0.2, 0.25) is 5.91 Å². The van der Waals surface area contributed by atoms with E-state index in [1.807, 2.05) is 0 Å². The Balaban J connectivity index is 1.67. The fourth-order valence-corrected chi connectivity index (χ4v) is 3.71. The Morgan fingerprint density at radius 2 is 2.42 bits per heavy atom. The first-order valence-corrected chi connectivity index (χ1v) is 7.67. The average molecular weight is 277 g/mol. The third-order valence-electron chi connectivity index (χ3n) is 3.79. The summed E-state index contributed by atoms with van der Waals surface area (Å²) in [6.07, 6.45) is 8.08. The fourth-order valence-electron chi connectivity index (χ4n) is 2.62. The molecule has 0 saturated carbocycles. The Morgan fingerprint density at radius 1 is 1.53 bits per heavy atom. The van der Waals surface area contributed by atoms with E-state index in [4.69, 9.17) is 0 Å². The van der Waals surface area contributed by atoms with Crippen LogP contribution in [0, 0.1) is 5.92 Å². The van der Waals surface area contributed by atoms with Crippen molar-refractivity contribution in [1.29, 1.82) is 0 Å². The van der Waals surface area contributed by atoms with Crippen molar-refractivity contribution in [1.82, 2.24) is 9.88 Å². The zero-order chi connectivity index (χ0) is 13.2. The molecular weight excluding hydrogens is 258 g/mol. The number of aromatic nitrogens is 1. The van der Waals surface area contributed by atoms with E-state index in [2.05, 4.69) is 34.4 Å². The number of anilines is 1. The predicted molar refractivity (Wildman–Crippen MR) is 77.3 cm³/mol. The van der Waals surface area contributed by atoms with Crippen LogP contribution in [-0.4, -0.2) is 29.4 Å². The van der Waals surface area contributed by atoms with Crippen LogP contribution in [0.5, 0.6) is 0 Å². The van der Waals surface area contributed by atoms with Crippen LogP contribution >= 0.6 is 11.3 Å². The second-order valence-electron chi connectivity index (χ2n) is 5.35. The molecule has 1 aromatic heterocycles. The standard InChI is InChI=1S/C14H19N3OS/c1-17-8-7-11-12(9-17)19-14(15-11)16-13(18)10-5-3-2-4-6-10/h2-3,10H,4-9H2,1H3,(H,15,16,18)/t10-/m0/s1. The molecule has 0 saturated heterocycles. The van der Waals surface area contributed by atoms with Gasteiger partial charge in [-0.1, -0.05) is 12.2 Å². The predicted octanol–water partition coefficient (Wildman–Crippen LogP) is 2.43. The van der Waals surface area contributed by atoms with Gasteiger partial charge in [0.05, 0.1) is 5.69 Å². The minimum atomic E-state index is 0.119. The van der Waals surface area contributed by atoms with E-state index in [1.54, 1.807) is 11.3 Å². The normalized spacial score (nSPS) is 23.1. The summed E-state index contributed by atoms with van der Waals surface area (Å²) in [5.74, 6) is 0.248. The van der Waals surface area contributed by atoms with Crippen LogP contribution in [0.25, 0.3) is 0 Å². The van der Waals surface area contributed by atoms with Gasteiger partial charge in [0, 0.05) is 30.3 Å². The molecule has 102 valence electrons. The van der Waals surface area contributed by atoms with Crippen molar-refractivity contribution in [3.8, 4) is 0 Å². The summed E-state index contributed by atoms with van der Waals surface area (Å²) in [7, 11) is 2.12. The number of thiazole rings is 1. The minimum absolute atomic E-state index is 0.119. The van der Waals surface area contributed by atoms with Gasteiger partial charge in [-0.15, -0.1) is 11.3 Å². The van der Waals surface area contributed by atoms with Gasteiger partial charge in [-0.2, -0.15) is 0 Å². The van der Waals surface area contributed by atoms with Gasteiger partial charge < -0.3 is 10.2 Å². The van der Waals surface area contributed by atoms with Crippen LogP contribution in [-0.2, 0) is 17.8 Å². The second-order valence-corrected chi connectivity index (χ2v) is 6.43. The Labute approximate surface area is 117 Å². The maximum Gasteiger partial charge on any atom is 0.229 e. The highest BCUT2D eigenvalue weighted by atomic mass is 32.1. The van der Waals surface area contributed by atoms with Crippen LogP contribution in [0.1, 0.15) is 29.8 Å². The second kappa shape index (κ2) is 5.43. The Hall–Kier alpha value is -1.20. The Morgan fingerprint density at radius 3 is 3.21 bits per heavy atom. The summed E-state index contributed by atoms with van der Waals surface area (Å²) < 4.78 is 0. The molecule has 2 heterocycles. The van der Waals surface area contributed by atoms with Crippen molar-refractivity contribution in [2.75, 3.05) is 18.9 Å². The van der Waals surface area contributed by atoms with Gasteiger partial charge in [0.15, 0.2) is 5.13 Å². The molecule has 1 aliphatic carbocycles. The summed E-state index contributed by atoms with van der Waals surface area (Å²) in [5.41, 5.74) is 1.17. The molecule has 0 fully saturated rings. The molecule has 1 aromatic rings. The van der Waals surface area contributed by atoms with Crippen molar-refractivity contribution in [3.05, 3.63) is 22.7 Å². The molecule has 2 aliphatic rings. The van der Waals surface area contributed by atoms with Crippen molar-refractivity contribution >= 4 is 22.4 Å². The highest BCUT2D eigenvalue weighted by Gasteiger charge is 2.22. The summed E-state index contributed by atoms with van der Waals surface area (Å²) in [5, 5.41) is 3.78. The number of hydrogen-bond donors (Lipinski definition) is 1. The van der Waals surface area contributed by atoms with E-state index in [9.17, 15) is 4.79 Å². The largest absolute Gasteiger partial charge is 0.302 e. The molecular formula is C14H19N3OS. The highest BCUT2D eigenvalue weighted by molar-refractivity contribution is 7.15. The fraction of sp³-hybridized carbons (Fsp3) is 0.571. The van der Waals surface area contributed by atoms with E-state index in [-0.39, 0.29) is 11.8 Å². The summed E-state index contributed by atoms with van der Waals surface area (Å²) >= 11 is 1.63. The summed E-state index contributed by atoms with van der Waals surface area (Å²) in [6, 6.07) is 0. The van der Waals surface area contributed by atoms with E-state index >= 15 is 0 Å². The monoisotopic (exact) mass is 277 g/mol. The van der Waals surface area contributed by atoms with Crippen molar-refractivity contribution in [3.63, 3.8) is 0 Å². The lowest BCUT2D eigenvalue weighted by Gasteiger charge is -2.20. The van der Waals surface area contributed by atoms with Crippen molar-refractivity contribution in [2.24, 2.45) is 5.92 Å². The third kappa shape index (κ3) is 2.87. The number of nitrogens with zero attached hydrogens (tertiary/aromatic N) is 2. The van der Waals surface area contributed by atoms with E-state index in [1.165, 1.54) is 10.6 Å². The first-order valence-electron chi connectivity index (χ1n) is 6.85. The zero-order valence-electron chi connectivity index (χ0n) is 11.2. The maximum absolute atomic E-state index is 12.2. The molecule has 19 heavy (non-hydrogen) atoms. The van der Waals surface area contributed by atoms with Gasteiger partial charge in [0.25, 0.3) is 0 Å². The van der Waals surface area contributed by atoms with E-state index < -0.39 is 0 Å². The maximum atomic E-state index is 12.2. The lowest BCUT2D eigenvalue weighted by Crippen LogP contribution is -2.25. The summed E-state index contributed by atoms with van der Waals surface area (Å²) in [4.78, 5) is 20.3. The average Bonchev–Trinajstić information content (AvgIpc) is 2.81. The van der Waals surface area contributed by atoms with E-state index in [0.29, 0.717) is 0 Å². The molecule has 0 aromatic carbocycles. The molecule has 1 aliphatic heterocycles. The lowest BCUT2D eigenvalue weighted by atomic mass is 9.94. The minimum Gasteiger partial charge on any atom is -0.302 e. The van der Waals surface area contributed by atoms with Crippen LogP contribution < -0.4 is 5.32 Å². The molecule has 4 nitrogen and oxygen atoms in total. The lowest BCUT2D eigenvalue weighted by molar-refractivity contribution is -0.120.